The quantitative estimate of drug-likeness (QED) is 0.728. The van der Waals surface area contributed by atoms with Crippen LogP contribution in [0.1, 0.15) is 43.6 Å². The van der Waals surface area contributed by atoms with E-state index in [1.54, 1.807) is 4.68 Å². The first-order chi connectivity index (χ1) is 11.0. The smallest absolute Gasteiger partial charge is 0.243 e. The number of hydrogen-bond donors (Lipinski definition) is 3. The van der Waals surface area contributed by atoms with Gasteiger partial charge in [-0.05, 0) is 18.4 Å². The van der Waals surface area contributed by atoms with Crippen molar-refractivity contribution < 1.29 is 9.59 Å². The third-order valence-corrected chi connectivity index (χ3v) is 5.25. The largest absolute Gasteiger partial charge is 0.368 e. The van der Waals surface area contributed by atoms with E-state index in [1.165, 1.54) is 0 Å². The average molecular weight is 319 g/mol. The summed E-state index contributed by atoms with van der Waals surface area (Å²) in [4.78, 5) is 24.8. The molecule has 0 radical (unpaired) electrons. The highest BCUT2D eigenvalue weighted by Crippen LogP contribution is 2.31. The van der Waals surface area contributed by atoms with E-state index in [4.69, 9.17) is 5.73 Å². The molecule has 7 heteroatoms. The van der Waals surface area contributed by atoms with Crippen molar-refractivity contribution in [1.29, 1.82) is 0 Å². The van der Waals surface area contributed by atoms with Crippen molar-refractivity contribution in [2.45, 2.75) is 43.6 Å². The highest BCUT2D eigenvalue weighted by molar-refractivity contribution is 5.91. The van der Waals surface area contributed by atoms with Crippen LogP contribution in [-0.4, -0.2) is 40.2 Å². The molecule has 0 bridgehead atoms. The second-order valence-electron chi connectivity index (χ2n) is 6.81. The van der Waals surface area contributed by atoms with Crippen LogP contribution < -0.4 is 16.4 Å². The molecule has 23 heavy (non-hydrogen) atoms. The van der Waals surface area contributed by atoms with Gasteiger partial charge in [0.1, 0.15) is 5.54 Å². The minimum absolute atomic E-state index is 0.0791. The molecule has 1 aromatic heterocycles. The van der Waals surface area contributed by atoms with Gasteiger partial charge in [-0.1, -0.05) is 19.3 Å². The maximum absolute atomic E-state index is 12.8. The Morgan fingerprint density at radius 1 is 1.35 bits per heavy atom. The van der Waals surface area contributed by atoms with Gasteiger partial charge in [0.25, 0.3) is 0 Å². The van der Waals surface area contributed by atoms with E-state index >= 15 is 0 Å². The second kappa shape index (κ2) is 6.31. The fourth-order valence-electron chi connectivity index (χ4n) is 3.85. The predicted molar refractivity (Wildman–Crippen MR) is 85.5 cm³/mol. The Morgan fingerprint density at radius 2 is 2.09 bits per heavy atom. The molecule has 0 unspecified atom stereocenters. The van der Waals surface area contributed by atoms with Gasteiger partial charge in [0.2, 0.25) is 11.8 Å². The van der Waals surface area contributed by atoms with Gasteiger partial charge in [0.15, 0.2) is 0 Å². The third-order valence-electron chi connectivity index (χ3n) is 5.25. The third kappa shape index (κ3) is 3.10. The van der Waals surface area contributed by atoms with Crippen LogP contribution in [0.2, 0.25) is 0 Å². The number of nitrogens with zero attached hydrogens (tertiary/aromatic N) is 2. The first-order valence-electron chi connectivity index (χ1n) is 8.33. The number of rotatable bonds is 4. The van der Waals surface area contributed by atoms with Gasteiger partial charge < -0.3 is 16.4 Å². The van der Waals surface area contributed by atoms with Gasteiger partial charge >= 0.3 is 0 Å². The minimum atomic E-state index is -0.864. The zero-order valence-corrected chi connectivity index (χ0v) is 13.5. The molecule has 0 aromatic carbocycles. The highest BCUT2D eigenvalue weighted by Gasteiger charge is 2.43. The number of nitrogens with one attached hydrogen (secondary N) is 2. The van der Waals surface area contributed by atoms with Gasteiger partial charge in [-0.2, -0.15) is 5.10 Å². The summed E-state index contributed by atoms with van der Waals surface area (Å²) in [7, 11) is 1.87. The van der Waals surface area contributed by atoms with E-state index in [0.29, 0.717) is 19.4 Å². The molecule has 1 saturated heterocycles. The lowest BCUT2D eigenvalue weighted by atomic mass is 9.80. The molecule has 1 aromatic rings. The number of carbonyl (C=O) groups excluding carboxylic acids is 2. The lowest BCUT2D eigenvalue weighted by Gasteiger charge is -2.36. The van der Waals surface area contributed by atoms with Gasteiger partial charge in [-0.25, -0.2) is 0 Å². The topological polar surface area (TPSA) is 102 Å². The molecule has 4 N–H and O–H groups in total. The highest BCUT2D eigenvalue weighted by atomic mass is 16.2. The summed E-state index contributed by atoms with van der Waals surface area (Å²) in [5, 5.41) is 10.5. The van der Waals surface area contributed by atoms with Crippen molar-refractivity contribution in [3.8, 4) is 0 Å². The Balaban J connectivity index is 1.75. The summed E-state index contributed by atoms with van der Waals surface area (Å²) >= 11 is 0. The summed E-state index contributed by atoms with van der Waals surface area (Å²) in [6.45, 7) is 1.35. The van der Waals surface area contributed by atoms with Crippen molar-refractivity contribution >= 4 is 11.8 Å². The number of aromatic nitrogens is 2. The molecule has 1 aliphatic carbocycles. The van der Waals surface area contributed by atoms with Crippen LogP contribution in [0.25, 0.3) is 0 Å². The molecular weight excluding hydrogens is 294 g/mol. The summed E-state index contributed by atoms with van der Waals surface area (Å²) in [6, 6.07) is 0. The van der Waals surface area contributed by atoms with Crippen LogP contribution in [0, 0.1) is 5.92 Å². The molecule has 2 aliphatic rings. The van der Waals surface area contributed by atoms with Crippen molar-refractivity contribution in [3.05, 3.63) is 18.0 Å². The Morgan fingerprint density at radius 3 is 2.70 bits per heavy atom. The molecule has 2 amide bonds. The molecule has 2 atom stereocenters. The van der Waals surface area contributed by atoms with E-state index < -0.39 is 11.4 Å². The van der Waals surface area contributed by atoms with Crippen LogP contribution in [-0.2, 0) is 16.6 Å². The number of nitrogens with two attached hydrogens (primary N) is 1. The lowest BCUT2D eigenvalue weighted by Crippen LogP contribution is -2.59. The predicted octanol–water partition coefficient (Wildman–Crippen LogP) is 0.0275. The molecular formula is C16H25N5O2. The zero-order chi connectivity index (χ0) is 16.4. The van der Waals surface area contributed by atoms with Crippen LogP contribution >= 0.6 is 0 Å². The molecule has 1 saturated carbocycles. The lowest BCUT2D eigenvalue weighted by molar-refractivity contribution is -0.135. The van der Waals surface area contributed by atoms with Crippen molar-refractivity contribution in [3.63, 3.8) is 0 Å². The van der Waals surface area contributed by atoms with E-state index in [1.807, 2.05) is 19.4 Å². The fraction of sp³-hybridized carbons (Fsp3) is 0.688. The Bertz CT molecular complexity index is 591. The minimum Gasteiger partial charge on any atom is -0.368 e. The van der Waals surface area contributed by atoms with Crippen molar-refractivity contribution in [2.75, 3.05) is 13.1 Å². The first-order valence-corrected chi connectivity index (χ1v) is 8.33. The number of primary amides is 1. The van der Waals surface area contributed by atoms with E-state index in [0.717, 1.165) is 31.4 Å². The molecule has 2 fully saturated rings. The summed E-state index contributed by atoms with van der Waals surface area (Å²) in [5.41, 5.74) is 5.80. The molecule has 126 valence electrons. The Labute approximate surface area is 136 Å². The van der Waals surface area contributed by atoms with E-state index in [2.05, 4.69) is 15.7 Å². The molecule has 1 aliphatic heterocycles. The van der Waals surface area contributed by atoms with Crippen molar-refractivity contribution in [2.24, 2.45) is 18.7 Å². The SMILES string of the molecule is Cn1cc([C@H]2CNC[C@@H]2C(=O)NC2(C(N)=O)CCCCC2)cn1. The van der Waals surface area contributed by atoms with Crippen LogP contribution in [0.5, 0.6) is 0 Å². The normalized spacial score (nSPS) is 26.8. The Hall–Kier alpha value is -1.89. The maximum atomic E-state index is 12.8. The first kappa shape index (κ1) is 16.0. The van der Waals surface area contributed by atoms with Gasteiger partial charge in [-0.3, -0.25) is 14.3 Å². The Kier molecular flexibility index (Phi) is 4.39. The van der Waals surface area contributed by atoms with Crippen molar-refractivity contribution in [1.82, 2.24) is 20.4 Å². The second-order valence-corrected chi connectivity index (χ2v) is 6.81. The van der Waals surface area contributed by atoms with Crippen LogP contribution in [0.4, 0.5) is 0 Å². The number of carbonyl (C=O) groups is 2. The molecule has 3 rings (SSSR count). The van der Waals surface area contributed by atoms with Gasteiger partial charge in [0.05, 0.1) is 12.1 Å². The average Bonchev–Trinajstić information content (AvgIpc) is 3.16. The standard InChI is InChI=1S/C16H25N5O2/c1-21-10-11(7-19-21)12-8-18-9-13(12)14(22)20-16(15(17)23)5-3-2-4-6-16/h7,10,12-13,18H,2-6,8-9H2,1H3,(H2,17,23)(H,20,22)/t12-,13+/m1/s1. The summed E-state index contributed by atoms with van der Waals surface area (Å²) in [5.74, 6) is -0.603. The van der Waals surface area contributed by atoms with Gasteiger partial charge in [-0.15, -0.1) is 0 Å². The number of amides is 2. The molecule has 7 nitrogen and oxygen atoms in total. The summed E-state index contributed by atoms with van der Waals surface area (Å²) in [6.07, 6.45) is 7.99. The van der Waals surface area contributed by atoms with E-state index in [9.17, 15) is 9.59 Å². The summed E-state index contributed by atoms with van der Waals surface area (Å²) < 4.78 is 1.74. The zero-order valence-electron chi connectivity index (χ0n) is 13.5. The van der Waals surface area contributed by atoms with Gasteiger partial charge in [0, 0.05) is 32.3 Å². The number of hydrogen-bond acceptors (Lipinski definition) is 4. The monoisotopic (exact) mass is 319 g/mol. The number of aryl methyl sites for hydroxylation is 1. The van der Waals surface area contributed by atoms with Crippen LogP contribution in [0.3, 0.4) is 0 Å². The maximum Gasteiger partial charge on any atom is 0.243 e. The molecule has 0 spiro atoms. The molecule has 2 heterocycles. The fourth-order valence-corrected chi connectivity index (χ4v) is 3.85. The van der Waals surface area contributed by atoms with E-state index in [-0.39, 0.29) is 17.7 Å². The van der Waals surface area contributed by atoms with Crippen LogP contribution in [0.15, 0.2) is 12.4 Å².